The summed E-state index contributed by atoms with van der Waals surface area (Å²) in [5.41, 5.74) is 2.85. The van der Waals surface area contributed by atoms with E-state index in [2.05, 4.69) is 74.5 Å². The number of fused-ring (bicyclic) bond motifs is 1. The molecule has 0 spiro atoms. The van der Waals surface area contributed by atoms with Crippen molar-refractivity contribution >= 4 is 28.1 Å². The van der Waals surface area contributed by atoms with Gasteiger partial charge >= 0.3 is 0 Å². The second kappa shape index (κ2) is 4.13. The Morgan fingerprint density at radius 3 is 2.50 bits per heavy atom. The molecule has 2 aromatic carbocycles. The van der Waals surface area contributed by atoms with E-state index in [0.29, 0.717) is 0 Å². The number of thioether (sulfide) groups is 1. The zero-order valence-electron chi connectivity index (χ0n) is 11.7. The van der Waals surface area contributed by atoms with Crippen LogP contribution >= 0.6 is 11.8 Å². The molecule has 0 saturated carbocycles. The van der Waals surface area contributed by atoms with Gasteiger partial charge in [0.15, 0.2) is 0 Å². The van der Waals surface area contributed by atoms with E-state index in [1.165, 1.54) is 31.7 Å². The van der Waals surface area contributed by atoms with Crippen LogP contribution in [0.25, 0.3) is 16.3 Å². The maximum Gasteiger partial charge on any atom is 0.0207 e. The lowest BCUT2D eigenvalue weighted by atomic mass is 9.92. The van der Waals surface area contributed by atoms with Gasteiger partial charge < -0.3 is 0 Å². The number of rotatable bonds is 0. The van der Waals surface area contributed by atoms with E-state index in [4.69, 9.17) is 0 Å². The minimum absolute atomic E-state index is 0.123. The first-order valence-corrected chi connectivity index (χ1v) is 7.78. The molecule has 0 bridgehead atoms. The average Bonchev–Trinajstić information content (AvgIpc) is 2.59. The number of benzene rings is 2. The van der Waals surface area contributed by atoms with Crippen molar-refractivity contribution in [1.29, 1.82) is 0 Å². The third-order valence-corrected chi connectivity index (χ3v) is 5.12. The second-order valence-corrected chi connectivity index (χ2v) is 7.11. The van der Waals surface area contributed by atoms with Gasteiger partial charge in [-0.3, -0.25) is 0 Å². The van der Waals surface area contributed by atoms with E-state index in [0.717, 1.165) is 0 Å². The topological polar surface area (TPSA) is 0 Å². The van der Waals surface area contributed by atoms with Crippen molar-refractivity contribution < 1.29 is 0 Å². The Labute approximate surface area is 123 Å². The molecule has 0 amide bonds. The van der Waals surface area contributed by atoms with Gasteiger partial charge in [-0.15, -0.1) is 0 Å². The molecule has 1 heteroatoms. The van der Waals surface area contributed by atoms with E-state index in [-0.39, 0.29) is 5.41 Å². The largest absolute Gasteiger partial charge is 0.0888 e. The highest BCUT2D eigenvalue weighted by Crippen LogP contribution is 2.47. The third kappa shape index (κ3) is 1.77. The fraction of sp³-hybridized carbons (Fsp3) is 0.158. The molecule has 1 heterocycles. The molecule has 0 aromatic heterocycles. The first-order chi connectivity index (χ1) is 9.64. The summed E-state index contributed by atoms with van der Waals surface area (Å²) < 4.78 is 0. The summed E-state index contributed by atoms with van der Waals surface area (Å²) in [6.07, 6.45) is 9.19. The first kappa shape index (κ1) is 12.0. The van der Waals surface area contributed by atoms with Crippen molar-refractivity contribution in [2.75, 3.05) is 0 Å². The van der Waals surface area contributed by atoms with Crippen molar-refractivity contribution in [2.45, 2.75) is 18.7 Å². The molecule has 0 saturated heterocycles. The van der Waals surface area contributed by atoms with Gasteiger partial charge in [0.2, 0.25) is 0 Å². The fourth-order valence-electron chi connectivity index (χ4n) is 2.86. The molecule has 0 fully saturated rings. The normalized spacial score (nSPS) is 19.1. The van der Waals surface area contributed by atoms with Gasteiger partial charge in [-0.25, -0.2) is 0 Å². The summed E-state index contributed by atoms with van der Waals surface area (Å²) >= 11 is 1.89. The Kier molecular flexibility index (Phi) is 2.49. The summed E-state index contributed by atoms with van der Waals surface area (Å²) in [6.45, 7) is 4.49. The zero-order chi connectivity index (χ0) is 13.7. The molecular formula is C19H16S. The molecule has 2 aromatic rings. The summed E-state index contributed by atoms with van der Waals surface area (Å²) in [5.74, 6) is 0. The maximum absolute atomic E-state index is 2.30. The van der Waals surface area contributed by atoms with Crippen LogP contribution in [0.1, 0.15) is 19.4 Å². The predicted molar refractivity (Wildman–Crippen MR) is 88.8 cm³/mol. The van der Waals surface area contributed by atoms with Crippen molar-refractivity contribution in [3.63, 3.8) is 0 Å². The third-order valence-electron chi connectivity index (χ3n) is 3.99. The van der Waals surface area contributed by atoms with Crippen LogP contribution in [-0.4, -0.2) is 0 Å². The molecule has 20 heavy (non-hydrogen) atoms. The highest BCUT2D eigenvalue weighted by molar-refractivity contribution is 8.03. The molecule has 0 atom stereocenters. The van der Waals surface area contributed by atoms with Crippen molar-refractivity contribution in [1.82, 2.24) is 0 Å². The van der Waals surface area contributed by atoms with Gasteiger partial charge in [-0.1, -0.05) is 80.2 Å². The Balaban J connectivity index is 2.03. The molecule has 1 aliphatic heterocycles. The Hall–Kier alpha value is -1.73. The maximum atomic E-state index is 2.30. The van der Waals surface area contributed by atoms with E-state index in [9.17, 15) is 0 Å². The SMILES string of the molecule is CC1(C)C=CC2=C(C=C1)c1cccc3cccc(c13)S2. The Morgan fingerprint density at radius 1 is 0.900 bits per heavy atom. The quantitative estimate of drug-likeness (QED) is 0.585. The molecule has 0 unspecified atom stereocenters. The molecule has 0 nitrogen and oxygen atoms in total. The molecule has 0 radical (unpaired) electrons. The molecule has 2 aliphatic rings. The van der Waals surface area contributed by atoms with Gasteiger partial charge in [0.05, 0.1) is 0 Å². The molecule has 0 N–H and O–H groups in total. The smallest absolute Gasteiger partial charge is 0.0207 e. The zero-order valence-corrected chi connectivity index (χ0v) is 12.5. The van der Waals surface area contributed by atoms with Crippen LogP contribution in [0.3, 0.4) is 0 Å². The summed E-state index contributed by atoms with van der Waals surface area (Å²) in [6, 6.07) is 13.2. The van der Waals surface area contributed by atoms with E-state index < -0.39 is 0 Å². The number of hydrogen-bond donors (Lipinski definition) is 0. The van der Waals surface area contributed by atoms with Crippen molar-refractivity contribution in [3.8, 4) is 0 Å². The molecular weight excluding hydrogens is 260 g/mol. The Morgan fingerprint density at radius 2 is 1.65 bits per heavy atom. The first-order valence-electron chi connectivity index (χ1n) is 6.97. The fourth-order valence-corrected chi connectivity index (χ4v) is 4.00. The van der Waals surface area contributed by atoms with Crippen LogP contribution in [0, 0.1) is 5.41 Å². The van der Waals surface area contributed by atoms with E-state index >= 15 is 0 Å². The van der Waals surface area contributed by atoms with Crippen LogP contribution in [0.2, 0.25) is 0 Å². The Bertz CT molecular complexity index is 798. The van der Waals surface area contributed by atoms with E-state index in [1.54, 1.807) is 0 Å². The standard InChI is InChI=1S/C19H16S/c1-19(2)11-9-14-15-7-3-5-13-6-4-8-17(18(13)15)20-16(14)10-12-19/h3-12H,1-2H3. The summed E-state index contributed by atoms with van der Waals surface area (Å²) in [5, 5.41) is 2.73. The van der Waals surface area contributed by atoms with Crippen LogP contribution in [0.4, 0.5) is 0 Å². The monoisotopic (exact) mass is 276 g/mol. The highest BCUT2D eigenvalue weighted by atomic mass is 32.2. The van der Waals surface area contributed by atoms with E-state index in [1.807, 2.05) is 11.8 Å². The van der Waals surface area contributed by atoms with Crippen LogP contribution in [-0.2, 0) is 0 Å². The molecule has 4 rings (SSSR count). The average molecular weight is 276 g/mol. The van der Waals surface area contributed by atoms with Crippen LogP contribution in [0.15, 0.2) is 70.5 Å². The van der Waals surface area contributed by atoms with Gasteiger partial charge in [0.25, 0.3) is 0 Å². The lowest BCUT2D eigenvalue weighted by Gasteiger charge is -2.19. The summed E-state index contributed by atoms with van der Waals surface area (Å²) in [7, 11) is 0. The van der Waals surface area contributed by atoms with Gasteiger partial charge in [-0.2, -0.15) is 0 Å². The second-order valence-electron chi connectivity index (χ2n) is 6.03. The predicted octanol–water partition coefficient (Wildman–Crippen LogP) is 5.81. The highest BCUT2D eigenvalue weighted by Gasteiger charge is 2.21. The van der Waals surface area contributed by atoms with Crippen LogP contribution < -0.4 is 0 Å². The lowest BCUT2D eigenvalue weighted by Crippen LogP contribution is -2.00. The molecule has 98 valence electrons. The van der Waals surface area contributed by atoms with Gasteiger partial charge in [0.1, 0.15) is 0 Å². The van der Waals surface area contributed by atoms with Crippen molar-refractivity contribution in [3.05, 3.63) is 71.2 Å². The van der Waals surface area contributed by atoms with Crippen molar-refractivity contribution in [2.24, 2.45) is 5.41 Å². The summed E-state index contributed by atoms with van der Waals surface area (Å²) in [4.78, 5) is 2.73. The lowest BCUT2D eigenvalue weighted by molar-refractivity contribution is 0.627. The minimum Gasteiger partial charge on any atom is -0.0888 e. The number of hydrogen-bond acceptors (Lipinski definition) is 1. The minimum atomic E-state index is 0.123. The van der Waals surface area contributed by atoms with Gasteiger partial charge in [0, 0.05) is 20.6 Å². The van der Waals surface area contributed by atoms with Crippen LogP contribution in [0.5, 0.6) is 0 Å². The van der Waals surface area contributed by atoms with Gasteiger partial charge in [-0.05, 0) is 22.6 Å². The number of allylic oxidation sites excluding steroid dienone is 5. The molecule has 1 aliphatic carbocycles.